The number of nitrogen functional groups attached to an aromatic ring is 1. The second-order valence-corrected chi connectivity index (χ2v) is 5.01. The average Bonchev–Trinajstić information content (AvgIpc) is 2.49. The molecule has 100 valence electrons. The van der Waals surface area contributed by atoms with Crippen LogP contribution >= 0.6 is 0 Å². The van der Waals surface area contributed by atoms with Gasteiger partial charge in [-0.3, -0.25) is 0 Å². The minimum Gasteiger partial charge on any atom is -0.398 e. The van der Waals surface area contributed by atoms with Crippen molar-refractivity contribution >= 4 is 22.1 Å². The van der Waals surface area contributed by atoms with Gasteiger partial charge < -0.3 is 11.1 Å². The molecule has 2 heteroatoms. The largest absolute Gasteiger partial charge is 0.398 e. The zero-order valence-electron chi connectivity index (χ0n) is 11.6. The Morgan fingerprint density at radius 1 is 0.900 bits per heavy atom. The predicted octanol–water partition coefficient (Wildman–Crippen LogP) is 4.34. The molecule has 0 spiro atoms. The summed E-state index contributed by atoms with van der Waals surface area (Å²) in [5.74, 6) is 0. The second kappa shape index (κ2) is 5.25. The van der Waals surface area contributed by atoms with Gasteiger partial charge in [-0.2, -0.15) is 0 Å². The second-order valence-electron chi connectivity index (χ2n) is 5.01. The van der Waals surface area contributed by atoms with Gasteiger partial charge in [0.2, 0.25) is 0 Å². The Kier molecular flexibility index (Phi) is 3.30. The quantitative estimate of drug-likeness (QED) is 0.689. The van der Waals surface area contributed by atoms with E-state index < -0.39 is 0 Å². The van der Waals surface area contributed by atoms with Gasteiger partial charge in [-0.25, -0.2) is 0 Å². The third-order valence-electron chi connectivity index (χ3n) is 3.72. The van der Waals surface area contributed by atoms with Crippen LogP contribution in [-0.2, 0) is 6.54 Å². The highest BCUT2D eigenvalue weighted by Gasteiger charge is 2.03. The van der Waals surface area contributed by atoms with Gasteiger partial charge in [0, 0.05) is 17.9 Å². The molecular formula is C18H18N2. The maximum atomic E-state index is 5.94. The molecule has 0 saturated carbocycles. The molecule has 0 aliphatic carbocycles. The van der Waals surface area contributed by atoms with Gasteiger partial charge in [-0.1, -0.05) is 48.5 Å². The van der Waals surface area contributed by atoms with E-state index in [1.165, 1.54) is 16.3 Å². The zero-order chi connectivity index (χ0) is 13.9. The highest BCUT2D eigenvalue weighted by atomic mass is 14.9. The normalized spacial score (nSPS) is 10.7. The first-order valence-corrected chi connectivity index (χ1v) is 6.81. The number of benzene rings is 3. The first-order chi connectivity index (χ1) is 9.75. The van der Waals surface area contributed by atoms with Crippen LogP contribution in [-0.4, -0.2) is 0 Å². The number of rotatable bonds is 3. The van der Waals surface area contributed by atoms with Crippen LogP contribution in [0.1, 0.15) is 11.1 Å². The SMILES string of the molecule is Cc1c(N)cccc1NCc1cccc2ccccc12. The van der Waals surface area contributed by atoms with E-state index in [0.29, 0.717) is 0 Å². The van der Waals surface area contributed by atoms with Crippen molar-refractivity contribution in [2.75, 3.05) is 11.1 Å². The molecule has 20 heavy (non-hydrogen) atoms. The molecule has 0 saturated heterocycles. The molecule has 0 bridgehead atoms. The molecule has 0 fully saturated rings. The van der Waals surface area contributed by atoms with Crippen LogP contribution in [0.15, 0.2) is 60.7 Å². The summed E-state index contributed by atoms with van der Waals surface area (Å²) in [6.07, 6.45) is 0. The van der Waals surface area contributed by atoms with E-state index in [9.17, 15) is 0 Å². The number of hydrogen-bond donors (Lipinski definition) is 2. The highest BCUT2D eigenvalue weighted by Crippen LogP contribution is 2.23. The van der Waals surface area contributed by atoms with E-state index >= 15 is 0 Å². The summed E-state index contributed by atoms with van der Waals surface area (Å²) in [5, 5.41) is 6.05. The maximum absolute atomic E-state index is 5.94. The van der Waals surface area contributed by atoms with E-state index in [4.69, 9.17) is 5.73 Å². The van der Waals surface area contributed by atoms with Crippen LogP contribution in [0.25, 0.3) is 10.8 Å². The van der Waals surface area contributed by atoms with Crippen molar-refractivity contribution < 1.29 is 0 Å². The maximum Gasteiger partial charge on any atom is 0.0407 e. The Bertz CT molecular complexity index is 742. The van der Waals surface area contributed by atoms with E-state index in [1.54, 1.807) is 0 Å². The Labute approximate surface area is 119 Å². The zero-order valence-corrected chi connectivity index (χ0v) is 11.6. The number of hydrogen-bond acceptors (Lipinski definition) is 2. The van der Waals surface area contributed by atoms with Gasteiger partial charge in [-0.05, 0) is 41.0 Å². The summed E-state index contributed by atoms with van der Waals surface area (Å²) < 4.78 is 0. The smallest absolute Gasteiger partial charge is 0.0407 e. The van der Waals surface area contributed by atoms with Gasteiger partial charge in [0.15, 0.2) is 0 Å². The van der Waals surface area contributed by atoms with Crippen molar-refractivity contribution in [3.8, 4) is 0 Å². The van der Waals surface area contributed by atoms with Gasteiger partial charge in [0.25, 0.3) is 0 Å². The fourth-order valence-electron chi connectivity index (χ4n) is 2.48. The van der Waals surface area contributed by atoms with E-state index in [2.05, 4.69) is 53.8 Å². The van der Waals surface area contributed by atoms with Crippen LogP contribution in [0, 0.1) is 6.92 Å². The van der Waals surface area contributed by atoms with Crippen molar-refractivity contribution in [3.63, 3.8) is 0 Å². The van der Waals surface area contributed by atoms with E-state index in [0.717, 1.165) is 23.5 Å². The Morgan fingerprint density at radius 3 is 2.55 bits per heavy atom. The molecule has 0 heterocycles. The van der Waals surface area contributed by atoms with Crippen molar-refractivity contribution in [2.24, 2.45) is 0 Å². The van der Waals surface area contributed by atoms with E-state index in [1.807, 2.05) is 19.1 Å². The lowest BCUT2D eigenvalue weighted by atomic mass is 10.0. The molecule has 0 aliphatic rings. The molecule has 0 radical (unpaired) electrons. The lowest BCUT2D eigenvalue weighted by Gasteiger charge is -2.12. The summed E-state index contributed by atoms with van der Waals surface area (Å²) in [5.41, 5.74) is 10.3. The van der Waals surface area contributed by atoms with Crippen LogP contribution < -0.4 is 11.1 Å². The minimum atomic E-state index is 0.797. The van der Waals surface area contributed by atoms with Gasteiger partial charge in [-0.15, -0.1) is 0 Å². The fourth-order valence-corrected chi connectivity index (χ4v) is 2.48. The van der Waals surface area contributed by atoms with Crippen molar-refractivity contribution in [1.82, 2.24) is 0 Å². The molecule has 3 N–H and O–H groups in total. The summed E-state index contributed by atoms with van der Waals surface area (Å²) in [6.45, 7) is 2.84. The topological polar surface area (TPSA) is 38.0 Å². The van der Waals surface area contributed by atoms with Crippen LogP contribution in [0.2, 0.25) is 0 Å². The highest BCUT2D eigenvalue weighted by molar-refractivity contribution is 5.85. The molecule has 0 atom stereocenters. The summed E-state index contributed by atoms with van der Waals surface area (Å²) in [7, 11) is 0. The molecule has 0 amide bonds. The monoisotopic (exact) mass is 262 g/mol. The molecule has 0 aromatic heterocycles. The Morgan fingerprint density at radius 2 is 1.65 bits per heavy atom. The van der Waals surface area contributed by atoms with Crippen LogP contribution in [0.5, 0.6) is 0 Å². The summed E-state index contributed by atoms with van der Waals surface area (Å²) in [4.78, 5) is 0. The Hall–Kier alpha value is -2.48. The van der Waals surface area contributed by atoms with Gasteiger partial charge in [0.1, 0.15) is 0 Å². The summed E-state index contributed by atoms with van der Waals surface area (Å²) in [6, 6.07) is 20.8. The molecule has 0 aliphatic heterocycles. The van der Waals surface area contributed by atoms with Crippen LogP contribution in [0.3, 0.4) is 0 Å². The number of nitrogens with two attached hydrogens (primary N) is 1. The number of anilines is 2. The molecule has 3 aromatic carbocycles. The van der Waals surface area contributed by atoms with Crippen molar-refractivity contribution in [3.05, 3.63) is 71.8 Å². The third-order valence-corrected chi connectivity index (χ3v) is 3.72. The first-order valence-electron chi connectivity index (χ1n) is 6.81. The predicted molar refractivity (Wildman–Crippen MR) is 86.9 cm³/mol. The van der Waals surface area contributed by atoms with Crippen molar-refractivity contribution in [1.29, 1.82) is 0 Å². The third kappa shape index (κ3) is 2.32. The molecule has 3 aromatic rings. The van der Waals surface area contributed by atoms with Gasteiger partial charge >= 0.3 is 0 Å². The van der Waals surface area contributed by atoms with Crippen LogP contribution in [0.4, 0.5) is 11.4 Å². The molecular weight excluding hydrogens is 244 g/mol. The van der Waals surface area contributed by atoms with Gasteiger partial charge in [0.05, 0.1) is 0 Å². The lowest BCUT2D eigenvalue weighted by molar-refractivity contribution is 1.16. The standard InChI is InChI=1S/C18H18N2/c1-13-17(19)10-5-11-18(13)20-12-15-8-4-7-14-6-2-3-9-16(14)15/h2-11,20H,12,19H2,1H3. The number of fused-ring (bicyclic) bond motifs is 1. The minimum absolute atomic E-state index is 0.797. The Balaban J connectivity index is 1.89. The summed E-state index contributed by atoms with van der Waals surface area (Å²) >= 11 is 0. The molecule has 0 unspecified atom stereocenters. The molecule has 2 nitrogen and oxygen atoms in total. The average molecular weight is 262 g/mol. The van der Waals surface area contributed by atoms with Crippen molar-refractivity contribution in [2.45, 2.75) is 13.5 Å². The fraction of sp³-hybridized carbons (Fsp3) is 0.111. The van der Waals surface area contributed by atoms with E-state index in [-0.39, 0.29) is 0 Å². The first kappa shape index (κ1) is 12.5. The number of nitrogens with one attached hydrogen (secondary N) is 1. The molecule has 3 rings (SSSR count). The lowest BCUT2D eigenvalue weighted by Crippen LogP contribution is -2.03.